The molecule has 1 fully saturated rings. The number of Topliss-reactive ketones (excluding diaryl/α,β-unsaturated/α-hetero) is 1. The summed E-state index contributed by atoms with van der Waals surface area (Å²) in [5, 5.41) is 11.9. The topological polar surface area (TPSA) is 76.1 Å². The summed E-state index contributed by atoms with van der Waals surface area (Å²) in [6.07, 6.45) is 0. The van der Waals surface area contributed by atoms with Gasteiger partial charge >= 0.3 is 0 Å². The van der Waals surface area contributed by atoms with E-state index in [1.807, 2.05) is 43.3 Å². The van der Waals surface area contributed by atoms with Gasteiger partial charge < -0.3 is 19.5 Å². The fourth-order valence-corrected chi connectivity index (χ4v) is 5.09. The van der Waals surface area contributed by atoms with Crippen LogP contribution >= 0.6 is 11.6 Å². The van der Waals surface area contributed by atoms with Crippen molar-refractivity contribution in [1.29, 1.82) is 0 Å². The lowest BCUT2D eigenvalue weighted by Gasteiger charge is -2.27. The average molecular weight is 534 g/mol. The molecule has 7 heteroatoms. The summed E-state index contributed by atoms with van der Waals surface area (Å²) in [7, 11) is 3.03. The minimum atomic E-state index is -0.810. The highest BCUT2D eigenvalue weighted by Gasteiger charge is 2.46. The van der Waals surface area contributed by atoms with E-state index >= 15 is 0 Å². The van der Waals surface area contributed by atoms with Crippen LogP contribution < -0.4 is 9.47 Å². The molecule has 0 aliphatic carbocycles. The fourth-order valence-electron chi connectivity index (χ4n) is 4.74. The molecular formula is C31H32ClNO5. The SMILES string of the molecule is COc1ccc(CN2C(=O)C(=O)/C(=C(/O)c3cc(C)cc(Cl)c3OC)C2c2ccc(C(C)(C)C)cc2)cc1. The lowest BCUT2D eigenvalue weighted by atomic mass is 9.85. The van der Waals surface area contributed by atoms with Gasteiger partial charge in [0.25, 0.3) is 11.7 Å². The minimum Gasteiger partial charge on any atom is -0.507 e. The Kier molecular flexibility index (Phi) is 7.56. The first-order chi connectivity index (χ1) is 18.0. The lowest BCUT2D eigenvalue weighted by Crippen LogP contribution is -2.29. The Hall–Kier alpha value is -3.77. The Labute approximate surface area is 228 Å². The van der Waals surface area contributed by atoms with Crippen LogP contribution in [0.1, 0.15) is 54.6 Å². The van der Waals surface area contributed by atoms with Crippen LogP contribution in [0.4, 0.5) is 0 Å². The van der Waals surface area contributed by atoms with Crippen LogP contribution in [-0.2, 0) is 21.5 Å². The second-order valence-electron chi connectivity index (χ2n) is 10.5. The van der Waals surface area contributed by atoms with Crippen molar-refractivity contribution in [2.75, 3.05) is 14.2 Å². The zero-order valence-electron chi connectivity index (χ0n) is 22.5. The monoisotopic (exact) mass is 533 g/mol. The molecule has 198 valence electrons. The highest BCUT2D eigenvalue weighted by molar-refractivity contribution is 6.46. The van der Waals surface area contributed by atoms with Crippen LogP contribution in [0.3, 0.4) is 0 Å². The molecule has 3 aromatic rings. The van der Waals surface area contributed by atoms with Crippen LogP contribution in [0.25, 0.3) is 5.76 Å². The van der Waals surface area contributed by atoms with Crippen LogP contribution in [0, 0.1) is 6.92 Å². The summed E-state index contributed by atoms with van der Waals surface area (Å²) in [6, 6.07) is 17.7. The predicted molar refractivity (Wildman–Crippen MR) is 149 cm³/mol. The molecule has 1 saturated heterocycles. The Morgan fingerprint density at radius 3 is 2.16 bits per heavy atom. The largest absolute Gasteiger partial charge is 0.507 e. The normalized spacial score (nSPS) is 17.1. The Morgan fingerprint density at radius 1 is 0.974 bits per heavy atom. The number of amides is 1. The number of rotatable bonds is 6. The van der Waals surface area contributed by atoms with E-state index in [1.54, 1.807) is 31.4 Å². The average Bonchev–Trinajstić information content (AvgIpc) is 3.12. The molecule has 0 saturated carbocycles. The number of aliphatic hydroxyl groups is 1. The summed E-state index contributed by atoms with van der Waals surface area (Å²) >= 11 is 6.39. The molecule has 1 aliphatic heterocycles. The number of ether oxygens (including phenoxy) is 2. The number of halogens is 1. The van der Waals surface area contributed by atoms with Crippen molar-refractivity contribution >= 4 is 29.1 Å². The molecule has 0 spiro atoms. The molecule has 1 unspecified atom stereocenters. The van der Waals surface area contributed by atoms with Crippen LogP contribution in [0.2, 0.25) is 5.02 Å². The van der Waals surface area contributed by atoms with Gasteiger partial charge in [0.1, 0.15) is 17.3 Å². The van der Waals surface area contributed by atoms with Gasteiger partial charge in [0.15, 0.2) is 0 Å². The molecule has 1 N–H and O–H groups in total. The number of ketones is 1. The van der Waals surface area contributed by atoms with Gasteiger partial charge in [0.05, 0.1) is 36.4 Å². The molecule has 1 amide bonds. The van der Waals surface area contributed by atoms with E-state index in [-0.39, 0.29) is 34.6 Å². The summed E-state index contributed by atoms with van der Waals surface area (Å²) in [5.41, 5.74) is 3.60. The number of carbonyl (C=O) groups is 2. The van der Waals surface area contributed by atoms with Crippen molar-refractivity contribution in [3.05, 3.63) is 99.1 Å². The molecule has 6 nitrogen and oxygen atoms in total. The molecule has 38 heavy (non-hydrogen) atoms. The summed E-state index contributed by atoms with van der Waals surface area (Å²) < 4.78 is 10.7. The Balaban J connectivity index is 1.90. The van der Waals surface area contributed by atoms with Gasteiger partial charge in [0, 0.05) is 6.54 Å². The zero-order valence-corrected chi connectivity index (χ0v) is 23.2. The molecule has 0 bridgehead atoms. The minimum absolute atomic E-state index is 0.00742. The molecule has 0 radical (unpaired) electrons. The maximum Gasteiger partial charge on any atom is 0.295 e. The molecule has 1 aliphatic rings. The van der Waals surface area contributed by atoms with E-state index in [9.17, 15) is 14.7 Å². The molecule has 0 aromatic heterocycles. The number of aliphatic hydroxyl groups excluding tert-OH is 1. The van der Waals surface area contributed by atoms with Crippen molar-refractivity contribution < 1.29 is 24.2 Å². The van der Waals surface area contributed by atoms with Gasteiger partial charge in [-0.05, 0) is 58.9 Å². The first-order valence-corrected chi connectivity index (χ1v) is 12.7. The molecule has 3 aromatic carbocycles. The van der Waals surface area contributed by atoms with E-state index in [4.69, 9.17) is 21.1 Å². The third-order valence-corrected chi connectivity index (χ3v) is 7.07. The Morgan fingerprint density at radius 2 is 1.61 bits per heavy atom. The van der Waals surface area contributed by atoms with Crippen molar-refractivity contribution in [1.82, 2.24) is 4.90 Å². The first-order valence-electron chi connectivity index (χ1n) is 12.3. The molecule has 4 rings (SSSR count). The number of methoxy groups -OCH3 is 2. The van der Waals surface area contributed by atoms with Gasteiger partial charge in [-0.15, -0.1) is 0 Å². The van der Waals surface area contributed by atoms with E-state index in [2.05, 4.69) is 20.8 Å². The van der Waals surface area contributed by atoms with Crippen LogP contribution in [-0.4, -0.2) is 35.9 Å². The number of hydrogen-bond acceptors (Lipinski definition) is 5. The number of hydrogen-bond donors (Lipinski definition) is 1. The van der Waals surface area contributed by atoms with Gasteiger partial charge in [-0.2, -0.15) is 0 Å². The lowest BCUT2D eigenvalue weighted by molar-refractivity contribution is -0.140. The maximum atomic E-state index is 13.5. The second kappa shape index (κ2) is 10.5. The number of carbonyl (C=O) groups excluding carboxylic acids is 2. The van der Waals surface area contributed by atoms with Crippen molar-refractivity contribution in [2.45, 2.75) is 45.7 Å². The van der Waals surface area contributed by atoms with E-state index in [0.29, 0.717) is 16.3 Å². The number of likely N-dealkylation sites (tertiary alicyclic amines) is 1. The van der Waals surface area contributed by atoms with Crippen molar-refractivity contribution in [2.24, 2.45) is 0 Å². The number of nitrogens with zero attached hydrogens (tertiary/aromatic N) is 1. The molecule has 1 atom stereocenters. The quantitative estimate of drug-likeness (QED) is 0.220. The zero-order chi connectivity index (χ0) is 27.8. The van der Waals surface area contributed by atoms with Crippen molar-refractivity contribution in [3.63, 3.8) is 0 Å². The molecule has 1 heterocycles. The van der Waals surface area contributed by atoms with Gasteiger partial charge in [-0.1, -0.05) is 68.8 Å². The third kappa shape index (κ3) is 5.14. The number of aryl methyl sites for hydroxylation is 1. The smallest absolute Gasteiger partial charge is 0.295 e. The highest BCUT2D eigenvalue weighted by atomic mass is 35.5. The van der Waals surface area contributed by atoms with E-state index in [1.165, 1.54) is 12.0 Å². The standard InChI is InChI=1S/C31H32ClNO5/c1-18-15-23(29(38-6)24(32)16-18)27(34)25-26(20-9-11-21(12-10-20)31(2,3)4)33(30(36)28(25)35)17-19-7-13-22(37-5)14-8-19/h7-16,26,34H,17H2,1-6H3/b27-25+. The van der Waals surface area contributed by atoms with Crippen LogP contribution in [0.15, 0.2) is 66.2 Å². The van der Waals surface area contributed by atoms with Crippen molar-refractivity contribution in [3.8, 4) is 11.5 Å². The maximum absolute atomic E-state index is 13.5. The fraction of sp³-hybridized carbons (Fsp3) is 0.290. The summed E-state index contributed by atoms with van der Waals surface area (Å²) in [6.45, 7) is 8.35. The van der Waals surface area contributed by atoms with Crippen LogP contribution in [0.5, 0.6) is 11.5 Å². The summed E-state index contributed by atoms with van der Waals surface area (Å²) in [5.74, 6) is -0.856. The predicted octanol–water partition coefficient (Wildman–Crippen LogP) is 6.59. The van der Waals surface area contributed by atoms with E-state index < -0.39 is 17.7 Å². The summed E-state index contributed by atoms with van der Waals surface area (Å²) in [4.78, 5) is 28.4. The third-order valence-electron chi connectivity index (χ3n) is 6.79. The Bertz CT molecular complexity index is 1400. The van der Waals surface area contributed by atoms with Gasteiger partial charge in [0.2, 0.25) is 0 Å². The second-order valence-corrected chi connectivity index (χ2v) is 10.9. The van der Waals surface area contributed by atoms with Gasteiger partial charge in [-0.25, -0.2) is 0 Å². The van der Waals surface area contributed by atoms with E-state index in [0.717, 1.165) is 16.7 Å². The van der Waals surface area contributed by atoms with Gasteiger partial charge in [-0.3, -0.25) is 9.59 Å². The molecular weight excluding hydrogens is 502 g/mol. The highest BCUT2D eigenvalue weighted by Crippen LogP contribution is 2.43. The first kappa shape index (κ1) is 27.3. The number of benzene rings is 3.